The number of nitrogens with zero attached hydrogens (tertiary/aromatic N) is 3. The van der Waals surface area contributed by atoms with Crippen LogP contribution in [0.2, 0.25) is 0 Å². The Hall–Kier alpha value is -1.68. The zero-order valence-corrected chi connectivity index (χ0v) is 10.4. The molecule has 0 fully saturated rings. The van der Waals surface area contributed by atoms with E-state index < -0.39 is 0 Å². The number of hydrogen-bond donors (Lipinski definition) is 1. The molecule has 0 atom stereocenters. The van der Waals surface area contributed by atoms with Gasteiger partial charge in [0.25, 0.3) is 0 Å². The van der Waals surface area contributed by atoms with Crippen LogP contribution in [0.25, 0.3) is 5.69 Å². The molecular weight excluding hydrogens is 214 g/mol. The Morgan fingerprint density at radius 3 is 2.41 bits per heavy atom. The average Bonchev–Trinajstić information content (AvgIpc) is 2.73. The summed E-state index contributed by atoms with van der Waals surface area (Å²) in [5.41, 5.74) is 3.81. The van der Waals surface area contributed by atoms with Crippen molar-refractivity contribution in [2.75, 3.05) is 0 Å². The van der Waals surface area contributed by atoms with Crippen LogP contribution in [0, 0.1) is 6.92 Å². The number of aryl methyl sites for hydroxylation is 1. The Kier molecular flexibility index (Phi) is 3.24. The fourth-order valence-electron chi connectivity index (χ4n) is 1.89. The van der Waals surface area contributed by atoms with Gasteiger partial charge in [-0.2, -0.15) is 0 Å². The SMILES string of the molecule is Cc1ccc(-n2nnc(CO)c2C(C)C)cc1. The van der Waals surface area contributed by atoms with E-state index in [4.69, 9.17) is 0 Å². The summed E-state index contributed by atoms with van der Waals surface area (Å²) in [6, 6.07) is 8.10. The molecule has 1 heterocycles. The van der Waals surface area contributed by atoms with Crippen LogP contribution in [0.5, 0.6) is 0 Å². The molecule has 4 nitrogen and oxygen atoms in total. The maximum absolute atomic E-state index is 9.26. The van der Waals surface area contributed by atoms with Crippen molar-refractivity contribution in [2.45, 2.75) is 33.3 Å². The molecule has 0 unspecified atom stereocenters. The molecular formula is C13H17N3O. The van der Waals surface area contributed by atoms with Gasteiger partial charge in [0.2, 0.25) is 0 Å². The number of aromatic nitrogens is 3. The topological polar surface area (TPSA) is 50.9 Å². The van der Waals surface area contributed by atoms with Gasteiger partial charge in [0.05, 0.1) is 18.0 Å². The van der Waals surface area contributed by atoms with Crippen molar-refractivity contribution in [2.24, 2.45) is 0 Å². The summed E-state index contributed by atoms with van der Waals surface area (Å²) in [6.45, 7) is 6.12. The monoisotopic (exact) mass is 231 g/mol. The van der Waals surface area contributed by atoms with Gasteiger partial charge in [-0.05, 0) is 25.0 Å². The van der Waals surface area contributed by atoms with Gasteiger partial charge >= 0.3 is 0 Å². The van der Waals surface area contributed by atoms with Crippen LogP contribution in [0.3, 0.4) is 0 Å². The second-order valence-corrected chi connectivity index (χ2v) is 4.48. The van der Waals surface area contributed by atoms with Crippen LogP contribution in [0.1, 0.15) is 36.7 Å². The minimum Gasteiger partial charge on any atom is -0.390 e. The zero-order valence-electron chi connectivity index (χ0n) is 10.4. The molecule has 17 heavy (non-hydrogen) atoms. The highest BCUT2D eigenvalue weighted by Gasteiger charge is 2.16. The maximum Gasteiger partial charge on any atom is 0.112 e. The summed E-state index contributed by atoms with van der Waals surface area (Å²) < 4.78 is 1.80. The van der Waals surface area contributed by atoms with Crippen LogP contribution in [-0.4, -0.2) is 20.1 Å². The van der Waals surface area contributed by atoms with Gasteiger partial charge < -0.3 is 5.11 Å². The second-order valence-electron chi connectivity index (χ2n) is 4.48. The number of aliphatic hydroxyl groups excluding tert-OH is 1. The standard InChI is InChI=1S/C13H17N3O/c1-9(2)13-12(8-17)14-15-16(13)11-6-4-10(3)5-7-11/h4-7,9,17H,8H2,1-3H3. The van der Waals surface area contributed by atoms with Gasteiger partial charge in [-0.15, -0.1) is 5.10 Å². The first-order valence-electron chi connectivity index (χ1n) is 5.76. The number of hydrogen-bond acceptors (Lipinski definition) is 3. The molecule has 0 radical (unpaired) electrons. The van der Waals surface area contributed by atoms with Crippen LogP contribution in [0.15, 0.2) is 24.3 Å². The molecule has 0 spiro atoms. The Labute approximate surface area is 101 Å². The third kappa shape index (κ3) is 2.22. The Morgan fingerprint density at radius 1 is 1.24 bits per heavy atom. The van der Waals surface area contributed by atoms with E-state index in [0.29, 0.717) is 5.69 Å². The van der Waals surface area contributed by atoms with E-state index in [9.17, 15) is 5.11 Å². The van der Waals surface area contributed by atoms with Crippen molar-refractivity contribution < 1.29 is 5.11 Å². The lowest BCUT2D eigenvalue weighted by atomic mass is 10.1. The molecule has 0 saturated carbocycles. The average molecular weight is 231 g/mol. The van der Waals surface area contributed by atoms with Crippen LogP contribution in [-0.2, 0) is 6.61 Å². The van der Waals surface area contributed by atoms with Crippen molar-refractivity contribution in [1.29, 1.82) is 0 Å². The molecule has 0 aliphatic heterocycles. The molecule has 0 saturated heterocycles. The molecule has 0 aliphatic rings. The van der Waals surface area contributed by atoms with Crippen LogP contribution < -0.4 is 0 Å². The molecule has 2 aromatic rings. The van der Waals surface area contributed by atoms with Crippen LogP contribution in [0.4, 0.5) is 0 Å². The highest BCUT2D eigenvalue weighted by molar-refractivity contribution is 5.36. The maximum atomic E-state index is 9.26. The number of benzene rings is 1. The summed E-state index contributed by atoms with van der Waals surface area (Å²) in [5, 5.41) is 17.4. The third-order valence-electron chi connectivity index (χ3n) is 2.75. The summed E-state index contributed by atoms with van der Waals surface area (Å²) in [4.78, 5) is 0. The molecule has 0 bridgehead atoms. The van der Waals surface area contributed by atoms with E-state index in [1.165, 1.54) is 5.56 Å². The summed E-state index contributed by atoms with van der Waals surface area (Å²) in [6.07, 6.45) is 0. The fourth-order valence-corrected chi connectivity index (χ4v) is 1.89. The van der Waals surface area contributed by atoms with E-state index in [1.807, 2.05) is 31.2 Å². The lowest BCUT2D eigenvalue weighted by Crippen LogP contribution is -2.05. The minimum atomic E-state index is -0.0701. The van der Waals surface area contributed by atoms with Crippen molar-refractivity contribution >= 4 is 0 Å². The highest BCUT2D eigenvalue weighted by atomic mass is 16.3. The molecule has 2 rings (SSSR count). The summed E-state index contributed by atoms with van der Waals surface area (Å²) in [5.74, 6) is 0.272. The van der Waals surface area contributed by atoms with Crippen LogP contribution >= 0.6 is 0 Å². The number of rotatable bonds is 3. The van der Waals surface area contributed by atoms with Gasteiger partial charge in [-0.3, -0.25) is 0 Å². The smallest absolute Gasteiger partial charge is 0.112 e. The minimum absolute atomic E-state index is 0.0701. The third-order valence-corrected chi connectivity index (χ3v) is 2.75. The molecule has 90 valence electrons. The molecule has 4 heteroatoms. The number of aliphatic hydroxyl groups is 1. The van der Waals surface area contributed by atoms with Gasteiger partial charge in [0.1, 0.15) is 5.69 Å². The molecule has 0 aliphatic carbocycles. The van der Waals surface area contributed by atoms with E-state index in [-0.39, 0.29) is 12.5 Å². The normalized spacial score (nSPS) is 11.1. The van der Waals surface area contributed by atoms with Gasteiger partial charge in [-0.1, -0.05) is 36.8 Å². The first-order valence-corrected chi connectivity index (χ1v) is 5.76. The summed E-state index contributed by atoms with van der Waals surface area (Å²) >= 11 is 0. The Morgan fingerprint density at radius 2 is 1.88 bits per heavy atom. The van der Waals surface area contributed by atoms with E-state index >= 15 is 0 Å². The predicted octanol–water partition coefficient (Wildman–Crippen LogP) is 2.19. The fraction of sp³-hybridized carbons (Fsp3) is 0.385. The molecule has 1 aromatic heterocycles. The predicted molar refractivity (Wildman–Crippen MR) is 66.1 cm³/mol. The molecule has 1 N–H and O–H groups in total. The van der Waals surface area contributed by atoms with Gasteiger partial charge in [0, 0.05) is 0 Å². The van der Waals surface area contributed by atoms with E-state index in [1.54, 1.807) is 4.68 Å². The van der Waals surface area contributed by atoms with Crippen molar-refractivity contribution in [1.82, 2.24) is 15.0 Å². The first-order chi connectivity index (χ1) is 8.13. The van der Waals surface area contributed by atoms with Crippen molar-refractivity contribution in [3.8, 4) is 5.69 Å². The van der Waals surface area contributed by atoms with Gasteiger partial charge in [-0.25, -0.2) is 4.68 Å². The zero-order chi connectivity index (χ0) is 12.4. The largest absolute Gasteiger partial charge is 0.390 e. The Bertz CT molecular complexity index is 500. The Balaban J connectivity index is 2.51. The van der Waals surface area contributed by atoms with Crippen molar-refractivity contribution in [3.05, 3.63) is 41.2 Å². The molecule has 0 amide bonds. The van der Waals surface area contributed by atoms with E-state index in [0.717, 1.165) is 11.4 Å². The molecule has 1 aromatic carbocycles. The lowest BCUT2D eigenvalue weighted by molar-refractivity contribution is 0.275. The van der Waals surface area contributed by atoms with Gasteiger partial charge in [0.15, 0.2) is 0 Å². The van der Waals surface area contributed by atoms with Crippen molar-refractivity contribution in [3.63, 3.8) is 0 Å². The summed E-state index contributed by atoms with van der Waals surface area (Å²) in [7, 11) is 0. The quantitative estimate of drug-likeness (QED) is 0.881. The second kappa shape index (κ2) is 4.67. The highest BCUT2D eigenvalue weighted by Crippen LogP contribution is 2.21. The lowest BCUT2D eigenvalue weighted by Gasteiger charge is -2.10. The van der Waals surface area contributed by atoms with E-state index in [2.05, 4.69) is 24.2 Å². The first kappa shape index (κ1) is 11.8.